The Balaban J connectivity index is 2.26. The molecule has 1 aromatic heterocycles. The summed E-state index contributed by atoms with van der Waals surface area (Å²) in [5.41, 5.74) is 0.614. The fraction of sp³-hybridized carbons (Fsp3) is 0.231. The molecule has 0 aliphatic rings. The van der Waals surface area contributed by atoms with Crippen LogP contribution < -0.4 is 10.0 Å². The molecule has 0 unspecified atom stereocenters. The first-order valence-corrected chi connectivity index (χ1v) is 9.48. The molecular formula is C13H16N2O2S3. The van der Waals surface area contributed by atoms with Gasteiger partial charge in [-0.25, -0.2) is 8.42 Å². The molecule has 0 fully saturated rings. The quantitative estimate of drug-likeness (QED) is 0.801. The van der Waals surface area contributed by atoms with E-state index in [9.17, 15) is 8.42 Å². The minimum Gasteiger partial charge on any atom is -0.315 e. The van der Waals surface area contributed by atoms with Gasteiger partial charge in [0.05, 0.1) is 5.69 Å². The van der Waals surface area contributed by atoms with Crippen LogP contribution in [0.3, 0.4) is 0 Å². The number of sulfonamides is 1. The Bertz CT molecular complexity index is 680. The highest BCUT2D eigenvalue weighted by Crippen LogP contribution is 2.29. The van der Waals surface area contributed by atoms with Gasteiger partial charge in [0.1, 0.15) is 4.21 Å². The third-order valence-electron chi connectivity index (χ3n) is 2.60. The topological polar surface area (TPSA) is 58.2 Å². The van der Waals surface area contributed by atoms with E-state index in [1.165, 1.54) is 23.1 Å². The van der Waals surface area contributed by atoms with Gasteiger partial charge in [-0.05, 0) is 37.6 Å². The van der Waals surface area contributed by atoms with Crippen molar-refractivity contribution < 1.29 is 8.42 Å². The Morgan fingerprint density at radius 3 is 2.65 bits per heavy atom. The van der Waals surface area contributed by atoms with Crippen LogP contribution in [0.5, 0.6) is 0 Å². The molecule has 20 heavy (non-hydrogen) atoms. The van der Waals surface area contributed by atoms with Crippen LogP contribution in [0.15, 0.2) is 45.5 Å². The van der Waals surface area contributed by atoms with Crippen molar-refractivity contribution in [2.24, 2.45) is 0 Å². The number of benzene rings is 1. The molecule has 0 radical (unpaired) electrons. The first kappa shape index (κ1) is 15.4. The number of para-hydroxylation sites is 1. The molecule has 1 heterocycles. The van der Waals surface area contributed by atoms with E-state index in [0.29, 0.717) is 16.4 Å². The van der Waals surface area contributed by atoms with Gasteiger partial charge in [0.25, 0.3) is 10.0 Å². The molecule has 1 aromatic carbocycles. The van der Waals surface area contributed by atoms with E-state index in [1.807, 2.05) is 37.6 Å². The van der Waals surface area contributed by atoms with Gasteiger partial charge >= 0.3 is 0 Å². The lowest BCUT2D eigenvalue weighted by atomic mass is 10.3. The second-order valence-corrected chi connectivity index (χ2v) is 7.98. The lowest BCUT2D eigenvalue weighted by Crippen LogP contribution is -2.12. The monoisotopic (exact) mass is 328 g/mol. The predicted octanol–water partition coefficient (Wildman–Crippen LogP) is 2.99. The van der Waals surface area contributed by atoms with E-state index in [2.05, 4.69) is 10.0 Å². The predicted molar refractivity (Wildman–Crippen MR) is 86.1 cm³/mol. The number of thiophene rings is 1. The fourth-order valence-electron chi connectivity index (χ4n) is 1.70. The minimum absolute atomic E-state index is 0.332. The summed E-state index contributed by atoms with van der Waals surface area (Å²) in [6.07, 6.45) is 1.92. The molecule has 2 N–H and O–H groups in total. The van der Waals surface area contributed by atoms with Crippen molar-refractivity contribution in [2.45, 2.75) is 15.6 Å². The molecule has 0 saturated heterocycles. The summed E-state index contributed by atoms with van der Waals surface area (Å²) in [6.45, 7) is 0.668. The van der Waals surface area contributed by atoms with Gasteiger partial charge < -0.3 is 5.32 Å². The second-order valence-electron chi connectivity index (χ2n) is 4.06. The number of anilines is 1. The molecule has 0 bridgehead atoms. The normalized spacial score (nSPS) is 11.5. The number of hydrogen-bond acceptors (Lipinski definition) is 5. The van der Waals surface area contributed by atoms with Crippen molar-refractivity contribution in [1.29, 1.82) is 0 Å². The summed E-state index contributed by atoms with van der Waals surface area (Å²) < 4.78 is 27.7. The molecule has 0 aliphatic carbocycles. The van der Waals surface area contributed by atoms with Crippen molar-refractivity contribution in [1.82, 2.24) is 5.32 Å². The van der Waals surface area contributed by atoms with E-state index in [4.69, 9.17) is 0 Å². The molecule has 7 heteroatoms. The van der Waals surface area contributed by atoms with E-state index < -0.39 is 10.0 Å². The summed E-state index contributed by atoms with van der Waals surface area (Å²) in [7, 11) is -1.68. The highest BCUT2D eigenvalue weighted by atomic mass is 32.2. The maximum Gasteiger partial charge on any atom is 0.271 e. The zero-order valence-corrected chi connectivity index (χ0v) is 13.7. The van der Waals surface area contributed by atoms with Gasteiger partial charge in [-0.15, -0.1) is 23.1 Å². The SMILES string of the molecule is CNCc1ccc(S(=O)(=O)Nc2ccccc2SC)s1. The molecular weight excluding hydrogens is 312 g/mol. The average molecular weight is 328 g/mol. The van der Waals surface area contributed by atoms with Crippen molar-refractivity contribution in [3.8, 4) is 0 Å². The summed E-state index contributed by atoms with van der Waals surface area (Å²) >= 11 is 2.79. The molecule has 0 saturated carbocycles. The van der Waals surface area contributed by atoms with Crippen molar-refractivity contribution in [3.05, 3.63) is 41.3 Å². The Kier molecular flexibility index (Phi) is 5.09. The smallest absolute Gasteiger partial charge is 0.271 e. The lowest BCUT2D eigenvalue weighted by molar-refractivity contribution is 0.603. The van der Waals surface area contributed by atoms with Gasteiger partial charge in [-0.2, -0.15) is 0 Å². The van der Waals surface area contributed by atoms with Gasteiger partial charge in [0.15, 0.2) is 0 Å². The largest absolute Gasteiger partial charge is 0.315 e. The molecule has 4 nitrogen and oxygen atoms in total. The third kappa shape index (κ3) is 3.54. The van der Waals surface area contributed by atoms with Gasteiger partial charge in [0.2, 0.25) is 0 Å². The number of rotatable bonds is 6. The van der Waals surface area contributed by atoms with Gasteiger partial charge in [-0.3, -0.25) is 4.72 Å². The second kappa shape index (κ2) is 6.62. The number of hydrogen-bond donors (Lipinski definition) is 2. The van der Waals surface area contributed by atoms with Crippen molar-refractivity contribution >= 4 is 38.8 Å². The summed E-state index contributed by atoms with van der Waals surface area (Å²) in [4.78, 5) is 1.90. The molecule has 2 aromatic rings. The van der Waals surface area contributed by atoms with E-state index in [-0.39, 0.29) is 0 Å². The Morgan fingerprint density at radius 2 is 1.95 bits per heavy atom. The average Bonchev–Trinajstić information content (AvgIpc) is 2.89. The van der Waals surface area contributed by atoms with E-state index >= 15 is 0 Å². The first-order valence-electron chi connectivity index (χ1n) is 5.96. The van der Waals surface area contributed by atoms with Crippen LogP contribution in [0, 0.1) is 0 Å². The number of thioether (sulfide) groups is 1. The van der Waals surface area contributed by atoms with Crippen LogP contribution in [-0.4, -0.2) is 21.7 Å². The van der Waals surface area contributed by atoms with Gasteiger partial charge in [0, 0.05) is 16.3 Å². The standard InChI is InChI=1S/C13H16N2O2S3/c1-14-9-10-7-8-13(19-10)20(16,17)15-11-5-3-4-6-12(11)18-2/h3-8,14-15H,9H2,1-2H3. The van der Waals surface area contributed by atoms with Crippen molar-refractivity contribution in [3.63, 3.8) is 0 Å². The van der Waals surface area contributed by atoms with Crippen LogP contribution in [0.1, 0.15) is 4.88 Å². The van der Waals surface area contributed by atoms with Crippen LogP contribution in [0.2, 0.25) is 0 Å². The summed E-state index contributed by atoms with van der Waals surface area (Å²) in [5.74, 6) is 0. The number of nitrogens with one attached hydrogen (secondary N) is 2. The van der Waals surface area contributed by atoms with Crippen LogP contribution in [-0.2, 0) is 16.6 Å². The van der Waals surface area contributed by atoms with Crippen molar-refractivity contribution in [2.75, 3.05) is 18.0 Å². The fourth-order valence-corrected chi connectivity index (χ4v) is 4.76. The molecule has 0 amide bonds. The van der Waals surface area contributed by atoms with Crippen LogP contribution >= 0.6 is 23.1 Å². The maximum absolute atomic E-state index is 12.4. The molecule has 0 atom stereocenters. The molecule has 2 rings (SSSR count). The zero-order chi connectivity index (χ0) is 14.6. The highest BCUT2D eigenvalue weighted by Gasteiger charge is 2.18. The van der Waals surface area contributed by atoms with Crippen LogP contribution in [0.25, 0.3) is 0 Å². The zero-order valence-electron chi connectivity index (χ0n) is 11.2. The minimum atomic E-state index is -3.52. The Labute approximate surface area is 127 Å². The molecule has 0 aliphatic heterocycles. The lowest BCUT2D eigenvalue weighted by Gasteiger charge is -2.09. The molecule has 108 valence electrons. The first-order chi connectivity index (χ1) is 9.56. The Hall–Kier alpha value is -1.02. The highest BCUT2D eigenvalue weighted by molar-refractivity contribution is 7.99. The van der Waals surface area contributed by atoms with Crippen LogP contribution in [0.4, 0.5) is 5.69 Å². The van der Waals surface area contributed by atoms with E-state index in [0.717, 1.165) is 9.77 Å². The summed E-state index contributed by atoms with van der Waals surface area (Å²) in [6, 6.07) is 10.8. The van der Waals surface area contributed by atoms with E-state index in [1.54, 1.807) is 12.1 Å². The third-order valence-corrected chi connectivity index (χ3v) is 6.34. The van der Waals surface area contributed by atoms with Gasteiger partial charge in [-0.1, -0.05) is 12.1 Å². The molecule has 0 spiro atoms. The Morgan fingerprint density at radius 1 is 1.20 bits per heavy atom. The maximum atomic E-state index is 12.4. The summed E-state index contributed by atoms with van der Waals surface area (Å²) in [5, 5.41) is 3.01.